The number of rotatable bonds is 1. The van der Waals surface area contributed by atoms with E-state index in [9.17, 15) is 13.2 Å². The summed E-state index contributed by atoms with van der Waals surface area (Å²) in [4.78, 5) is 0. The normalized spacial score (nSPS) is 18.4. The predicted molar refractivity (Wildman–Crippen MR) is 64.5 cm³/mol. The summed E-state index contributed by atoms with van der Waals surface area (Å²) in [5.41, 5.74) is 2.23. The van der Waals surface area contributed by atoms with Crippen LogP contribution in [-0.4, -0.2) is 0 Å². The highest BCUT2D eigenvalue weighted by Gasteiger charge is 2.31. The SMILES string of the molecule is FC(F)(F)c1ccc(C2OCc3ccccc32)cc1. The van der Waals surface area contributed by atoms with E-state index in [4.69, 9.17) is 4.74 Å². The van der Waals surface area contributed by atoms with Gasteiger partial charge < -0.3 is 4.74 Å². The molecule has 1 nitrogen and oxygen atoms in total. The van der Waals surface area contributed by atoms with Gasteiger partial charge in [0.25, 0.3) is 0 Å². The quantitative estimate of drug-likeness (QED) is 0.745. The first-order valence-electron chi connectivity index (χ1n) is 5.92. The predicted octanol–water partition coefficient (Wildman–Crippen LogP) is 4.33. The molecular formula is C15H11F3O. The summed E-state index contributed by atoms with van der Waals surface area (Å²) < 4.78 is 43.2. The molecule has 0 aliphatic carbocycles. The Kier molecular flexibility index (Phi) is 2.82. The number of ether oxygens (including phenoxy) is 1. The van der Waals surface area contributed by atoms with Gasteiger partial charge in [-0.25, -0.2) is 0 Å². The number of fused-ring (bicyclic) bond motifs is 1. The van der Waals surface area contributed by atoms with Crippen LogP contribution in [0.4, 0.5) is 13.2 Å². The highest BCUT2D eigenvalue weighted by atomic mass is 19.4. The largest absolute Gasteiger partial charge is 0.416 e. The second-order valence-corrected chi connectivity index (χ2v) is 4.51. The van der Waals surface area contributed by atoms with E-state index in [-0.39, 0.29) is 6.10 Å². The number of benzene rings is 2. The van der Waals surface area contributed by atoms with Crippen LogP contribution in [0.15, 0.2) is 48.5 Å². The molecule has 2 aromatic carbocycles. The molecule has 0 aromatic heterocycles. The van der Waals surface area contributed by atoms with E-state index in [1.165, 1.54) is 12.1 Å². The fourth-order valence-electron chi connectivity index (χ4n) is 2.31. The van der Waals surface area contributed by atoms with Crippen molar-refractivity contribution in [1.29, 1.82) is 0 Å². The van der Waals surface area contributed by atoms with Crippen molar-refractivity contribution in [2.45, 2.75) is 18.9 Å². The Hall–Kier alpha value is -1.81. The summed E-state index contributed by atoms with van der Waals surface area (Å²) >= 11 is 0. The first-order valence-corrected chi connectivity index (χ1v) is 5.92. The molecule has 0 saturated carbocycles. The topological polar surface area (TPSA) is 9.23 Å². The maximum absolute atomic E-state index is 12.5. The van der Waals surface area contributed by atoms with E-state index in [2.05, 4.69) is 0 Å². The highest BCUT2D eigenvalue weighted by Crippen LogP contribution is 2.37. The molecule has 1 aliphatic heterocycles. The van der Waals surface area contributed by atoms with Crippen LogP contribution in [0.2, 0.25) is 0 Å². The molecule has 0 fully saturated rings. The van der Waals surface area contributed by atoms with Gasteiger partial charge in [0.1, 0.15) is 6.10 Å². The van der Waals surface area contributed by atoms with Crippen LogP contribution in [0.5, 0.6) is 0 Å². The van der Waals surface area contributed by atoms with Crippen LogP contribution in [0, 0.1) is 0 Å². The van der Waals surface area contributed by atoms with Crippen molar-refractivity contribution >= 4 is 0 Å². The van der Waals surface area contributed by atoms with Gasteiger partial charge in [0, 0.05) is 0 Å². The molecule has 98 valence electrons. The molecule has 2 aromatic rings. The maximum atomic E-state index is 12.5. The van der Waals surface area contributed by atoms with E-state index in [1.807, 2.05) is 24.3 Å². The summed E-state index contributed by atoms with van der Waals surface area (Å²) in [5.74, 6) is 0. The molecule has 1 heterocycles. The Balaban J connectivity index is 1.93. The number of hydrogen-bond donors (Lipinski definition) is 0. The molecule has 19 heavy (non-hydrogen) atoms. The highest BCUT2D eigenvalue weighted by molar-refractivity contribution is 5.39. The fourth-order valence-corrected chi connectivity index (χ4v) is 2.31. The van der Waals surface area contributed by atoms with Crippen molar-refractivity contribution in [2.75, 3.05) is 0 Å². The molecule has 0 N–H and O–H groups in total. The second kappa shape index (κ2) is 4.38. The molecule has 0 spiro atoms. The second-order valence-electron chi connectivity index (χ2n) is 4.51. The lowest BCUT2D eigenvalue weighted by Gasteiger charge is -2.13. The lowest BCUT2D eigenvalue weighted by atomic mass is 9.98. The van der Waals surface area contributed by atoms with Gasteiger partial charge in [-0.15, -0.1) is 0 Å². The first-order chi connectivity index (χ1) is 9.05. The first kappa shape index (κ1) is 12.2. The van der Waals surface area contributed by atoms with Crippen molar-refractivity contribution in [3.8, 4) is 0 Å². The van der Waals surface area contributed by atoms with E-state index in [0.717, 1.165) is 28.8 Å². The van der Waals surface area contributed by atoms with Gasteiger partial charge in [0.05, 0.1) is 12.2 Å². The monoisotopic (exact) mass is 264 g/mol. The third-order valence-electron chi connectivity index (χ3n) is 3.28. The van der Waals surface area contributed by atoms with Crippen molar-refractivity contribution < 1.29 is 17.9 Å². The van der Waals surface area contributed by atoms with Crippen LogP contribution >= 0.6 is 0 Å². The van der Waals surface area contributed by atoms with E-state index < -0.39 is 11.7 Å². The van der Waals surface area contributed by atoms with Crippen molar-refractivity contribution in [1.82, 2.24) is 0 Å². The Bertz CT molecular complexity index is 587. The van der Waals surface area contributed by atoms with Crippen LogP contribution in [0.1, 0.15) is 28.4 Å². The third kappa shape index (κ3) is 2.24. The Labute approximate surface area is 108 Å². The minimum atomic E-state index is -4.30. The molecule has 0 radical (unpaired) electrons. The third-order valence-corrected chi connectivity index (χ3v) is 3.28. The average Bonchev–Trinajstić information content (AvgIpc) is 2.82. The Morgan fingerprint density at radius 3 is 2.32 bits per heavy atom. The van der Waals surface area contributed by atoms with Gasteiger partial charge in [-0.05, 0) is 28.8 Å². The van der Waals surface area contributed by atoms with Gasteiger partial charge in [0.15, 0.2) is 0 Å². The van der Waals surface area contributed by atoms with Gasteiger partial charge in [-0.2, -0.15) is 13.2 Å². The summed E-state index contributed by atoms with van der Waals surface area (Å²) in [5, 5.41) is 0. The maximum Gasteiger partial charge on any atom is 0.416 e. The molecule has 0 amide bonds. The summed E-state index contributed by atoms with van der Waals surface area (Å²) in [6, 6.07) is 12.9. The molecule has 1 atom stereocenters. The molecule has 3 rings (SSSR count). The van der Waals surface area contributed by atoms with Crippen molar-refractivity contribution in [2.24, 2.45) is 0 Å². The molecule has 1 unspecified atom stereocenters. The summed E-state index contributed by atoms with van der Waals surface area (Å²) in [7, 11) is 0. The van der Waals surface area contributed by atoms with E-state index in [0.29, 0.717) is 6.61 Å². The lowest BCUT2D eigenvalue weighted by Crippen LogP contribution is -2.05. The summed E-state index contributed by atoms with van der Waals surface area (Å²) in [6.45, 7) is 0.502. The zero-order valence-electron chi connectivity index (χ0n) is 9.95. The summed E-state index contributed by atoms with van der Waals surface area (Å²) in [6.07, 6.45) is -4.56. The van der Waals surface area contributed by atoms with Crippen molar-refractivity contribution in [3.63, 3.8) is 0 Å². The molecule has 1 aliphatic rings. The number of hydrogen-bond acceptors (Lipinski definition) is 1. The smallest absolute Gasteiger partial charge is 0.364 e. The molecule has 0 bridgehead atoms. The van der Waals surface area contributed by atoms with Gasteiger partial charge >= 0.3 is 6.18 Å². The zero-order valence-corrected chi connectivity index (χ0v) is 9.95. The average molecular weight is 264 g/mol. The minimum Gasteiger partial charge on any atom is -0.364 e. The molecule has 0 saturated heterocycles. The van der Waals surface area contributed by atoms with Crippen molar-refractivity contribution in [3.05, 3.63) is 70.8 Å². The van der Waals surface area contributed by atoms with Gasteiger partial charge in [-0.1, -0.05) is 36.4 Å². The lowest BCUT2D eigenvalue weighted by molar-refractivity contribution is -0.137. The van der Waals surface area contributed by atoms with Crippen LogP contribution in [0.25, 0.3) is 0 Å². The number of halogens is 3. The fraction of sp³-hybridized carbons (Fsp3) is 0.200. The van der Waals surface area contributed by atoms with Gasteiger partial charge in [0.2, 0.25) is 0 Å². The molecule has 4 heteroatoms. The van der Waals surface area contributed by atoms with Crippen LogP contribution in [-0.2, 0) is 17.5 Å². The van der Waals surface area contributed by atoms with Crippen LogP contribution < -0.4 is 0 Å². The molecular weight excluding hydrogens is 253 g/mol. The Morgan fingerprint density at radius 1 is 0.947 bits per heavy atom. The Morgan fingerprint density at radius 2 is 1.63 bits per heavy atom. The minimum absolute atomic E-state index is 0.265. The van der Waals surface area contributed by atoms with E-state index >= 15 is 0 Å². The zero-order chi connectivity index (χ0) is 13.5. The van der Waals surface area contributed by atoms with Crippen LogP contribution in [0.3, 0.4) is 0 Å². The van der Waals surface area contributed by atoms with Gasteiger partial charge in [-0.3, -0.25) is 0 Å². The number of alkyl halides is 3. The standard InChI is InChI=1S/C15H11F3O/c16-15(17,18)12-7-5-10(6-8-12)14-13-4-2-1-3-11(13)9-19-14/h1-8,14H,9H2. The van der Waals surface area contributed by atoms with E-state index in [1.54, 1.807) is 0 Å².